The monoisotopic (exact) mass is 278 g/mol. The SMILES string of the molecule is CCCCCCC(=O)NC(=S)Nc1cccc(C)c1. The number of rotatable bonds is 6. The van der Waals surface area contributed by atoms with E-state index in [0.717, 1.165) is 24.1 Å². The van der Waals surface area contributed by atoms with Gasteiger partial charge in [-0.05, 0) is 43.3 Å². The van der Waals surface area contributed by atoms with E-state index in [1.54, 1.807) is 0 Å². The summed E-state index contributed by atoms with van der Waals surface area (Å²) in [6.45, 7) is 4.17. The normalized spacial score (nSPS) is 10.0. The standard InChI is InChI=1S/C15H22N2OS/c1-3-4-5-6-10-14(18)17-15(19)16-13-9-7-8-12(2)11-13/h7-9,11H,3-6,10H2,1-2H3,(H2,16,17,18,19). The Balaban J connectivity index is 2.29. The third-order valence-corrected chi connectivity index (χ3v) is 2.99. The minimum Gasteiger partial charge on any atom is -0.332 e. The highest BCUT2D eigenvalue weighted by molar-refractivity contribution is 7.80. The van der Waals surface area contributed by atoms with Crippen LogP contribution < -0.4 is 10.6 Å². The minimum absolute atomic E-state index is 0.0127. The number of amides is 1. The highest BCUT2D eigenvalue weighted by Gasteiger charge is 2.04. The molecule has 0 aliphatic heterocycles. The number of carbonyl (C=O) groups excluding carboxylic acids is 1. The van der Waals surface area contributed by atoms with Crippen LogP contribution in [0.25, 0.3) is 0 Å². The number of nitrogens with one attached hydrogen (secondary N) is 2. The number of hydrogen-bond donors (Lipinski definition) is 2. The predicted molar refractivity (Wildman–Crippen MR) is 84.3 cm³/mol. The summed E-state index contributed by atoms with van der Waals surface area (Å²) in [7, 11) is 0. The zero-order chi connectivity index (χ0) is 14.1. The largest absolute Gasteiger partial charge is 0.332 e. The Kier molecular flexibility index (Phi) is 7.11. The van der Waals surface area contributed by atoms with E-state index < -0.39 is 0 Å². The summed E-state index contributed by atoms with van der Waals surface area (Å²) in [5, 5.41) is 6.09. The fourth-order valence-electron chi connectivity index (χ4n) is 1.79. The van der Waals surface area contributed by atoms with E-state index in [0.29, 0.717) is 11.5 Å². The lowest BCUT2D eigenvalue weighted by molar-refractivity contribution is -0.119. The van der Waals surface area contributed by atoms with Gasteiger partial charge in [-0.25, -0.2) is 0 Å². The molecule has 1 aromatic carbocycles. The van der Waals surface area contributed by atoms with E-state index in [1.807, 2.05) is 31.2 Å². The summed E-state index contributed by atoms with van der Waals surface area (Å²) in [4.78, 5) is 11.6. The molecule has 0 aliphatic rings. The average Bonchev–Trinajstić information content (AvgIpc) is 2.34. The molecule has 0 radical (unpaired) electrons. The van der Waals surface area contributed by atoms with Gasteiger partial charge in [0, 0.05) is 12.1 Å². The van der Waals surface area contributed by atoms with Gasteiger partial charge in [0.1, 0.15) is 0 Å². The summed E-state index contributed by atoms with van der Waals surface area (Å²) in [5.41, 5.74) is 2.05. The number of hydrogen-bond acceptors (Lipinski definition) is 2. The van der Waals surface area contributed by atoms with Crippen molar-refractivity contribution in [3.63, 3.8) is 0 Å². The van der Waals surface area contributed by atoms with Crippen molar-refractivity contribution in [3.05, 3.63) is 29.8 Å². The van der Waals surface area contributed by atoms with Gasteiger partial charge in [0.05, 0.1) is 0 Å². The lowest BCUT2D eigenvalue weighted by atomic mass is 10.1. The Labute approximate surface area is 120 Å². The second-order valence-electron chi connectivity index (χ2n) is 4.68. The molecule has 0 atom stereocenters. The van der Waals surface area contributed by atoms with Crippen molar-refractivity contribution in [3.8, 4) is 0 Å². The Bertz CT molecular complexity index is 432. The summed E-state index contributed by atoms with van der Waals surface area (Å²) in [6.07, 6.45) is 4.92. The van der Waals surface area contributed by atoms with Crippen LogP contribution in [0.3, 0.4) is 0 Å². The zero-order valence-corrected chi connectivity index (χ0v) is 12.5. The molecule has 19 heavy (non-hydrogen) atoms. The molecule has 2 N–H and O–H groups in total. The van der Waals surface area contributed by atoms with Crippen molar-refractivity contribution in [2.24, 2.45) is 0 Å². The minimum atomic E-state index is -0.0127. The van der Waals surface area contributed by atoms with Crippen LogP contribution in [0.2, 0.25) is 0 Å². The van der Waals surface area contributed by atoms with Crippen LogP contribution in [0.5, 0.6) is 0 Å². The maximum absolute atomic E-state index is 11.6. The molecule has 1 aromatic rings. The Morgan fingerprint density at radius 3 is 2.74 bits per heavy atom. The van der Waals surface area contributed by atoms with Gasteiger partial charge in [-0.15, -0.1) is 0 Å². The molecular formula is C15H22N2OS. The van der Waals surface area contributed by atoms with Crippen LogP contribution in [0.1, 0.15) is 44.6 Å². The molecule has 1 rings (SSSR count). The first kappa shape index (κ1) is 15.6. The maximum atomic E-state index is 11.6. The van der Waals surface area contributed by atoms with E-state index in [4.69, 9.17) is 12.2 Å². The summed E-state index contributed by atoms with van der Waals surface area (Å²) in [5.74, 6) is -0.0127. The van der Waals surface area contributed by atoms with Crippen LogP contribution in [0.4, 0.5) is 5.69 Å². The highest BCUT2D eigenvalue weighted by Crippen LogP contribution is 2.09. The average molecular weight is 278 g/mol. The van der Waals surface area contributed by atoms with E-state index >= 15 is 0 Å². The van der Waals surface area contributed by atoms with Crippen LogP contribution >= 0.6 is 12.2 Å². The van der Waals surface area contributed by atoms with Gasteiger partial charge in [0.15, 0.2) is 5.11 Å². The molecule has 1 amide bonds. The molecule has 0 fully saturated rings. The van der Waals surface area contributed by atoms with E-state index in [-0.39, 0.29) is 5.91 Å². The molecule has 0 aliphatic carbocycles. The third kappa shape index (κ3) is 6.91. The van der Waals surface area contributed by atoms with Gasteiger partial charge in [-0.1, -0.05) is 38.3 Å². The van der Waals surface area contributed by atoms with Crippen LogP contribution in [-0.4, -0.2) is 11.0 Å². The molecule has 0 bridgehead atoms. The second-order valence-corrected chi connectivity index (χ2v) is 5.09. The smallest absolute Gasteiger partial charge is 0.226 e. The van der Waals surface area contributed by atoms with E-state index in [9.17, 15) is 4.79 Å². The van der Waals surface area contributed by atoms with Crippen molar-refractivity contribution in [2.45, 2.75) is 46.0 Å². The molecule has 0 heterocycles. The van der Waals surface area contributed by atoms with Crippen molar-refractivity contribution < 1.29 is 4.79 Å². The fourth-order valence-corrected chi connectivity index (χ4v) is 2.02. The molecule has 4 heteroatoms. The van der Waals surface area contributed by atoms with Gasteiger partial charge in [-0.3, -0.25) is 4.79 Å². The molecule has 104 valence electrons. The molecule has 0 spiro atoms. The number of unbranched alkanes of at least 4 members (excludes halogenated alkanes) is 3. The second kappa shape index (κ2) is 8.64. The molecular weight excluding hydrogens is 256 g/mol. The molecule has 0 saturated heterocycles. The van der Waals surface area contributed by atoms with Gasteiger partial charge < -0.3 is 10.6 Å². The first-order chi connectivity index (χ1) is 9.11. The quantitative estimate of drug-likeness (QED) is 0.614. The first-order valence-electron chi connectivity index (χ1n) is 6.79. The van der Waals surface area contributed by atoms with Crippen molar-refractivity contribution in [1.29, 1.82) is 0 Å². The predicted octanol–water partition coefficient (Wildman–Crippen LogP) is 3.78. The van der Waals surface area contributed by atoms with Gasteiger partial charge in [0.25, 0.3) is 0 Å². The topological polar surface area (TPSA) is 41.1 Å². The van der Waals surface area contributed by atoms with E-state index in [2.05, 4.69) is 17.6 Å². The van der Waals surface area contributed by atoms with Crippen molar-refractivity contribution >= 4 is 28.9 Å². The van der Waals surface area contributed by atoms with E-state index in [1.165, 1.54) is 12.8 Å². The lowest BCUT2D eigenvalue weighted by Crippen LogP contribution is -2.33. The van der Waals surface area contributed by atoms with Crippen molar-refractivity contribution in [1.82, 2.24) is 5.32 Å². The van der Waals surface area contributed by atoms with Crippen LogP contribution in [0, 0.1) is 6.92 Å². The molecule has 0 saturated carbocycles. The fraction of sp³-hybridized carbons (Fsp3) is 0.467. The number of anilines is 1. The van der Waals surface area contributed by atoms with Crippen LogP contribution in [-0.2, 0) is 4.79 Å². The summed E-state index contributed by atoms with van der Waals surface area (Å²) in [6, 6.07) is 7.87. The zero-order valence-electron chi connectivity index (χ0n) is 11.7. The first-order valence-corrected chi connectivity index (χ1v) is 7.20. The Morgan fingerprint density at radius 1 is 1.26 bits per heavy atom. The Hall–Kier alpha value is -1.42. The van der Waals surface area contributed by atoms with Crippen LogP contribution in [0.15, 0.2) is 24.3 Å². The summed E-state index contributed by atoms with van der Waals surface area (Å²) >= 11 is 5.11. The number of thiocarbonyl (C=S) groups is 1. The number of benzene rings is 1. The lowest BCUT2D eigenvalue weighted by Gasteiger charge is -2.09. The molecule has 0 unspecified atom stereocenters. The molecule has 0 aromatic heterocycles. The number of carbonyl (C=O) groups is 1. The maximum Gasteiger partial charge on any atom is 0.226 e. The van der Waals surface area contributed by atoms with Gasteiger partial charge in [-0.2, -0.15) is 0 Å². The Morgan fingerprint density at radius 2 is 2.05 bits per heavy atom. The number of aryl methyl sites for hydroxylation is 1. The third-order valence-electron chi connectivity index (χ3n) is 2.79. The van der Waals surface area contributed by atoms with Gasteiger partial charge >= 0.3 is 0 Å². The van der Waals surface area contributed by atoms with Gasteiger partial charge in [0.2, 0.25) is 5.91 Å². The summed E-state index contributed by atoms with van der Waals surface area (Å²) < 4.78 is 0. The molecule has 3 nitrogen and oxygen atoms in total. The van der Waals surface area contributed by atoms with Crippen molar-refractivity contribution in [2.75, 3.05) is 5.32 Å². The highest BCUT2D eigenvalue weighted by atomic mass is 32.1.